The molecular formula is C36H39FN7O10P. The highest BCUT2D eigenvalue weighted by molar-refractivity contribution is 7.48. The summed E-state index contributed by atoms with van der Waals surface area (Å²) in [6, 6.07) is 11.9. The minimum absolute atomic E-state index is 0.0833. The van der Waals surface area contributed by atoms with Crippen molar-refractivity contribution in [3.05, 3.63) is 89.6 Å². The summed E-state index contributed by atoms with van der Waals surface area (Å²) in [7, 11) is -3.13. The molecular weight excluding hydrogens is 740 g/mol. The molecule has 19 heteroatoms. The first-order chi connectivity index (χ1) is 26.5. The SMILES string of the molecule is [C-]#[N+]CCOP(=O)(OC[C@@H]1[C@@H](COC(C)=O)C[C@H]1c1ccnc(C(=O)OC)c1)OC[C@H]1O[C@@H](n2cnc3c(NC(=O)c4ccccc4)ncnc32)[C@H](F)[C@@H]1C. The van der Waals surface area contributed by atoms with Crippen LogP contribution in [0.2, 0.25) is 0 Å². The van der Waals surface area contributed by atoms with Crippen LogP contribution in [-0.2, 0) is 37.1 Å². The lowest BCUT2D eigenvalue weighted by Crippen LogP contribution is -2.41. The number of nitrogens with zero attached hydrogens (tertiary/aromatic N) is 6. The van der Waals surface area contributed by atoms with Crippen LogP contribution in [0, 0.1) is 24.3 Å². The number of rotatable bonds is 16. The number of alkyl halides is 1. The molecule has 2 aliphatic rings. The molecule has 290 valence electrons. The van der Waals surface area contributed by atoms with E-state index >= 15 is 4.39 Å². The first-order valence-corrected chi connectivity index (χ1v) is 18.9. The number of halogens is 1. The molecule has 1 aliphatic heterocycles. The zero-order chi connectivity index (χ0) is 39.1. The van der Waals surface area contributed by atoms with E-state index in [0.29, 0.717) is 12.0 Å². The molecule has 6 rings (SSSR count). The van der Waals surface area contributed by atoms with Crippen LogP contribution < -0.4 is 5.32 Å². The number of phosphoric ester groups is 1. The average Bonchev–Trinajstić information content (AvgIpc) is 3.73. The van der Waals surface area contributed by atoms with Crippen LogP contribution in [0.25, 0.3) is 16.0 Å². The summed E-state index contributed by atoms with van der Waals surface area (Å²) in [5.74, 6) is -2.85. The number of ether oxygens (including phenoxy) is 3. The molecule has 1 aromatic carbocycles. The quantitative estimate of drug-likeness (QED) is 0.0675. The molecule has 55 heavy (non-hydrogen) atoms. The number of fused-ring (bicyclic) bond motifs is 1. The fourth-order valence-corrected chi connectivity index (χ4v) is 7.77. The summed E-state index contributed by atoms with van der Waals surface area (Å²) >= 11 is 0. The Morgan fingerprint density at radius 2 is 1.85 bits per heavy atom. The fourth-order valence-electron chi connectivity index (χ4n) is 6.56. The molecule has 17 nitrogen and oxygen atoms in total. The number of carbonyl (C=O) groups excluding carboxylic acids is 3. The zero-order valence-corrected chi connectivity index (χ0v) is 31.0. The Hall–Kier alpha value is -5.18. The molecule has 1 saturated heterocycles. The molecule has 1 aliphatic carbocycles. The van der Waals surface area contributed by atoms with Gasteiger partial charge in [-0.2, -0.15) is 0 Å². The predicted molar refractivity (Wildman–Crippen MR) is 191 cm³/mol. The van der Waals surface area contributed by atoms with Crippen molar-refractivity contribution >= 4 is 42.7 Å². The van der Waals surface area contributed by atoms with Crippen molar-refractivity contribution in [3.63, 3.8) is 0 Å². The summed E-state index contributed by atoms with van der Waals surface area (Å²) < 4.78 is 64.7. The van der Waals surface area contributed by atoms with E-state index in [1.54, 1.807) is 49.4 Å². The van der Waals surface area contributed by atoms with Crippen molar-refractivity contribution < 1.29 is 51.1 Å². The smallest absolute Gasteiger partial charge is 0.466 e. The van der Waals surface area contributed by atoms with Gasteiger partial charge >= 0.3 is 19.8 Å². The number of anilines is 1. The second-order valence-corrected chi connectivity index (χ2v) is 14.7. The highest BCUT2D eigenvalue weighted by Crippen LogP contribution is 2.55. The van der Waals surface area contributed by atoms with Crippen LogP contribution in [-0.4, -0.2) is 94.7 Å². The highest BCUT2D eigenvalue weighted by atomic mass is 31.2. The largest absolute Gasteiger partial charge is 0.475 e. The molecule has 0 radical (unpaired) electrons. The number of aromatic nitrogens is 5. The fraction of sp³-hybridized carbons (Fsp3) is 0.444. The summed E-state index contributed by atoms with van der Waals surface area (Å²) in [5, 5.41) is 2.71. The third-order valence-corrected chi connectivity index (χ3v) is 11.1. The number of benzene rings is 1. The van der Waals surface area contributed by atoms with E-state index in [0.717, 1.165) is 5.56 Å². The Kier molecular flexibility index (Phi) is 12.6. The molecule has 2 fully saturated rings. The predicted octanol–water partition coefficient (Wildman–Crippen LogP) is 5.19. The number of imidazole rings is 1. The second-order valence-electron chi connectivity index (χ2n) is 13.0. The van der Waals surface area contributed by atoms with Gasteiger partial charge in [-0.3, -0.25) is 27.7 Å². The van der Waals surface area contributed by atoms with Gasteiger partial charge in [-0.15, -0.1) is 0 Å². The minimum Gasteiger partial charge on any atom is -0.466 e. The lowest BCUT2D eigenvalue weighted by Gasteiger charge is -2.44. The molecule has 4 heterocycles. The maximum atomic E-state index is 15.9. The van der Waals surface area contributed by atoms with Gasteiger partial charge in [-0.05, 0) is 54.0 Å². The van der Waals surface area contributed by atoms with Gasteiger partial charge in [0.2, 0.25) is 6.54 Å². The number of carbonyl (C=O) groups is 3. The maximum Gasteiger partial charge on any atom is 0.475 e. The summed E-state index contributed by atoms with van der Waals surface area (Å²) in [6.45, 7) is 9.16. The Labute approximate surface area is 315 Å². The topological polar surface area (TPSA) is 197 Å². The van der Waals surface area contributed by atoms with Crippen molar-refractivity contribution in [1.29, 1.82) is 0 Å². The van der Waals surface area contributed by atoms with Gasteiger partial charge in [-0.1, -0.05) is 25.1 Å². The third kappa shape index (κ3) is 9.04. The average molecular weight is 780 g/mol. The van der Waals surface area contributed by atoms with Gasteiger partial charge in [0.15, 0.2) is 29.4 Å². The molecule has 1 unspecified atom stereocenters. The van der Waals surface area contributed by atoms with Gasteiger partial charge in [0.1, 0.15) is 18.6 Å². The number of pyridine rings is 1. The molecule has 8 atom stereocenters. The van der Waals surface area contributed by atoms with Crippen molar-refractivity contribution in [2.45, 2.75) is 44.7 Å². The molecule has 1 N–H and O–H groups in total. The second kappa shape index (κ2) is 17.5. The number of esters is 2. The van der Waals surface area contributed by atoms with Crippen LogP contribution >= 0.6 is 7.82 Å². The molecule has 0 spiro atoms. The lowest BCUT2D eigenvalue weighted by molar-refractivity contribution is -0.145. The number of hydrogen-bond acceptors (Lipinski definition) is 14. The van der Waals surface area contributed by atoms with E-state index in [2.05, 4.69) is 30.1 Å². The monoisotopic (exact) mass is 779 g/mol. The first kappa shape index (κ1) is 39.5. The Balaban J connectivity index is 1.15. The number of phosphoric acid groups is 1. The molecule has 4 aromatic rings. The van der Waals surface area contributed by atoms with E-state index in [9.17, 15) is 18.9 Å². The standard InChI is InChI=1S/C36H39FN7O10P/c1-21-29(54-35(30(21)37)44-20-42-31-32(40-19-41-33(31)44)43-34(46)23-8-6-5-7-9-23)18-53-55(48,51-13-12-38-3)52-17-27-25(16-50-22(2)45)14-26(27)24-10-11-39-28(15-24)36(47)49-4/h5-11,15,19-21,25-27,29-30,35H,12-14,16-18H2,1-2,4H3,(H,40,41,43,46)/t21-,25-,26+,27-,29-,30-,35-,55?/m1/s1. The van der Waals surface area contributed by atoms with E-state index in [-0.39, 0.29) is 66.8 Å². The third-order valence-electron chi connectivity index (χ3n) is 9.64. The van der Waals surface area contributed by atoms with Crippen molar-refractivity contribution in [3.8, 4) is 0 Å². The van der Waals surface area contributed by atoms with Gasteiger partial charge in [0.25, 0.3) is 5.91 Å². The van der Waals surface area contributed by atoms with Crippen LogP contribution in [0.5, 0.6) is 0 Å². The maximum absolute atomic E-state index is 15.9. The molecule has 0 bridgehead atoms. The Bertz CT molecular complexity index is 2100. The van der Waals surface area contributed by atoms with E-state index in [1.807, 2.05) is 0 Å². The Morgan fingerprint density at radius 3 is 2.60 bits per heavy atom. The Morgan fingerprint density at radius 1 is 1.07 bits per heavy atom. The van der Waals surface area contributed by atoms with Crippen molar-refractivity contribution in [1.82, 2.24) is 24.5 Å². The zero-order valence-electron chi connectivity index (χ0n) is 30.1. The molecule has 3 aromatic heterocycles. The van der Waals surface area contributed by atoms with Crippen LogP contribution in [0.4, 0.5) is 10.2 Å². The molecule has 1 saturated carbocycles. The summed E-state index contributed by atoms with van der Waals surface area (Å²) in [5.41, 5.74) is 1.70. The van der Waals surface area contributed by atoms with Gasteiger partial charge in [0.05, 0.1) is 39.4 Å². The number of hydrogen-bond donors (Lipinski definition) is 1. The molecule has 1 amide bonds. The number of methoxy groups -OCH3 is 1. The van der Waals surface area contributed by atoms with Crippen molar-refractivity contribution in [2.24, 2.45) is 17.8 Å². The minimum atomic E-state index is -4.38. The summed E-state index contributed by atoms with van der Waals surface area (Å²) in [4.78, 5) is 56.6. The van der Waals surface area contributed by atoms with Gasteiger partial charge in [0, 0.05) is 24.6 Å². The van der Waals surface area contributed by atoms with Crippen LogP contribution in [0.3, 0.4) is 0 Å². The number of amides is 1. The normalized spacial score (nSPS) is 24.3. The van der Waals surface area contributed by atoms with Gasteiger partial charge < -0.3 is 24.4 Å². The number of nitrogens with one attached hydrogen (secondary N) is 1. The van der Waals surface area contributed by atoms with Crippen molar-refractivity contribution in [2.75, 3.05) is 45.4 Å². The van der Waals surface area contributed by atoms with E-state index in [1.165, 1.54) is 37.5 Å². The summed E-state index contributed by atoms with van der Waals surface area (Å²) in [6.07, 6.45) is 0.882. The lowest BCUT2D eigenvalue weighted by atomic mass is 9.63. The van der Waals surface area contributed by atoms with E-state index in [4.69, 9.17) is 34.4 Å². The highest BCUT2D eigenvalue weighted by Gasteiger charge is 2.47. The van der Waals surface area contributed by atoms with Crippen LogP contribution in [0.15, 0.2) is 61.3 Å². The van der Waals surface area contributed by atoms with Gasteiger partial charge in [-0.25, -0.2) is 40.3 Å². The first-order valence-electron chi connectivity index (χ1n) is 17.4. The van der Waals surface area contributed by atoms with E-state index < -0.39 is 56.7 Å². The van der Waals surface area contributed by atoms with Crippen LogP contribution in [0.1, 0.15) is 58.8 Å².